The highest BCUT2D eigenvalue weighted by molar-refractivity contribution is 4.92. The molecule has 0 amide bonds. The standard InChI is InChI=1S/C12H23NO/c1-3-11(4-2)13-7-9-5-10(8-13)12(14)6-9/h9-12,14H,3-8H2,1-2H3. The smallest absolute Gasteiger partial charge is 0.0583 e. The van der Waals surface area contributed by atoms with E-state index >= 15 is 0 Å². The van der Waals surface area contributed by atoms with Gasteiger partial charge in [0, 0.05) is 19.1 Å². The fourth-order valence-corrected chi connectivity index (χ4v) is 3.37. The lowest BCUT2D eigenvalue weighted by Gasteiger charge is -2.37. The van der Waals surface area contributed by atoms with Gasteiger partial charge in [0.25, 0.3) is 0 Å². The van der Waals surface area contributed by atoms with Gasteiger partial charge in [0.15, 0.2) is 0 Å². The van der Waals surface area contributed by atoms with E-state index in [-0.39, 0.29) is 6.10 Å². The Bertz CT molecular complexity index is 189. The van der Waals surface area contributed by atoms with Crippen molar-refractivity contribution in [1.29, 1.82) is 0 Å². The summed E-state index contributed by atoms with van der Waals surface area (Å²) in [5.41, 5.74) is 0. The van der Waals surface area contributed by atoms with Crippen LogP contribution >= 0.6 is 0 Å². The molecule has 2 fully saturated rings. The summed E-state index contributed by atoms with van der Waals surface area (Å²) in [6.07, 6.45) is 4.84. The highest BCUT2D eigenvalue weighted by Crippen LogP contribution is 2.37. The number of nitrogens with zero attached hydrogens (tertiary/aromatic N) is 1. The average molecular weight is 197 g/mol. The molecule has 3 atom stereocenters. The van der Waals surface area contributed by atoms with Crippen LogP contribution in [0.4, 0.5) is 0 Å². The molecule has 1 heterocycles. The Morgan fingerprint density at radius 2 is 1.93 bits per heavy atom. The Hall–Kier alpha value is -0.0800. The average Bonchev–Trinajstić information content (AvgIpc) is 2.43. The molecule has 1 saturated carbocycles. The quantitative estimate of drug-likeness (QED) is 0.746. The van der Waals surface area contributed by atoms with Crippen LogP contribution in [-0.2, 0) is 0 Å². The Morgan fingerprint density at radius 3 is 2.50 bits per heavy atom. The maximum atomic E-state index is 9.82. The van der Waals surface area contributed by atoms with E-state index in [4.69, 9.17) is 0 Å². The molecule has 0 radical (unpaired) electrons. The van der Waals surface area contributed by atoms with Gasteiger partial charge in [0.1, 0.15) is 0 Å². The summed E-state index contributed by atoms with van der Waals surface area (Å²) in [6.45, 7) is 6.94. The number of fused-ring (bicyclic) bond motifs is 2. The van der Waals surface area contributed by atoms with Gasteiger partial charge in [-0.25, -0.2) is 0 Å². The van der Waals surface area contributed by atoms with Crippen LogP contribution < -0.4 is 0 Å². The summed E-state index contributed by atoms with van der Waals surface area (Å²) >= 11 is 0. The van der Waals surface area contributed by atoms with Crippen LogP contribution in [0, 0.1) is 11.8 Å². The number of aliphatic hydroxyl groups excluding tert-OH is 1. The third kappa shape index (κ3) is 1.82. The maximum absolute atomic E-state index is 9.82. The van der Waals surface area contributed by atoms with E-state index in [9.17, 15) is 5.11 Å². The van der Waals surface area contributed by atoms with Crippen LogP contribution in [0.2, 0.25) is 0 Å². The van der Waals surface area contributed by atoms with Gasteiger partial charge in [-0.05, 0) is 37.5 Å². The van der Waals surface area contributed by atoms with Crippen LogP contribution in [0.15, 0.2) is 0 Å². The Morgan fingerprint density at radius 1 is 1.21 bits per heavy atom. The van der Waals surface area contributed by atoms with Crippen molar-refractivity contribution in [2.45, 2.75) is 51.7 Å². The lowest BCUT2D eigenvalue weighted by Crippen LogP contribution is -2.43. The molecule has 2 bridgehead atoms. The lowest BCUT2D eigenvalue weighted by molar-refractivity contribution is 0.0764. The van der Waals surface area contributed by atoms with Crippen LogP contribution in [0.3, 0.4) is 0 Å². The van der Waals surface area contributed by atoms with Crippen LogP contribution in [-0.4, -0.2) is 35.2 Å². The number of hydrogen-bond donors (Lipinski definition) is 1. The van der Waals surface area contributed by atoms with Gasteiger partial charge in [-0.1, -0.05) is 13.8 Å². The highest BCUT2D eigenvalue weighted by atomic mass is 16.3. The van der Waals surface area contributed by atoms with Gasteiger partial charge in [-0.3, -0.25) is 4.90 Å². The predicted octanol–water partition coefficient (Wildman–Crippen LogP) is 1.88. The second-order valence-electron chi connectivity index (χ2n) is 5.09. The zero-order chi connectivity index (χ0) is 10.1. The van der Waals surface area contributed by atoms with E-state index in [0.717, 1.165) is 24.9 Å². The first-order valence-electron chi connectivity index (χ1n) is 6.16. The minimum Gasteiger partial charge on any atom is -0.393 e. The highest BCUT2D eigenvalue weighted by Gasteiger charge is 2.40. The van der Waals surface area contributed by atoms with Crippen LogP contribution in [0.5, 0.6) is 0 Å². The molecule has 2 aliphatic rings. The summed E-state index contributed by atoms with van der Waals surface area (Å²) < 4.78 is 0. The topological polar surface area (TPSA) is 23.5 Å². The first-order valence-corrected chi connectivity index (χ1v) is 6.16. The molecule has 82 valence electrons. The van der Waals surface area contributed by atoms with Crippen molar-refractivity contribution in [2.75, 3.05) is 13.1 Å². The zero-order valence-corrected chi connectivity index (χ0v) is 9.45. The van der Waals surface area contributed by atoms with E-state index in [2.05, 4.69) is 18.7 Å². The van der Waals surface area contributed by atoms with Crippen molar-refractivity contribution < 1.29 is 5.11 Å². The molecule has 2 rings (SSSR count). The van der Waals surface area contributed by atoms with Gasteiger partial charge in [0.2, 0.25) is 0 Å². The van der Waals surface area contributed by atoms with Gasteiger partial charge in [-0.15, -0.1) is 0 Å². The molecule has 3 unspecified atom stereocenters. The van der Waals surface area contributed by atoms with Crippen LogP contribution in [0.25, 0.3) is 0 Å². The molecule has 2 heteroatoms. The molecule has 1 aliphatic heterocycles. The molecule has 1 N–H and O–H groups in total. The summed E-state index contributed by atoms with van der Waals surface area (Å²) in [7, 11) is 0. The van der Waals surface area contributed by atoms with Crippen molar-refractivity contribution in [3.63, 3.8) is 0 Å². The third-order valence-corrected chi connectivity index (χ3v) is 4.18. The molecule has 0 aromatic heterocycles. The van der Waals surface area contributed by atoms with E-state index in [1.165, 1.54) is 25.8 Å². The molecular weight excluding hydrogens is 174 g/mol. The van der Waals surface area contributed by atoms with E-state index in [0.29, 0.717) is 5.92 Å². The summed E-state index contributed by atoms with van der Waals surface area (Å²) in [4.78, 5) is 2.62. The fourth-order valence-electron chi connectivity index (χ4n) is 3.37. The van der Waals surface area contributed by atoms with Crippen molar-refractivity contribution >= 4 is 0 Å². The Labute approximate surface area is 87.3 Å². The van der Waals surface area contributed by atoms with Gasteiger partial charge in [-0.2, -0.15) is 0 Å². The van der Waals surface area contributed by atoms with Gasteiger partial charge >= 0.3 is 0 Å². The Kier molecular flexibility index (Phi) is 3.13. The lowest BCUT2D eigenvalue weighted by atomic mass is 9.95. The second kappa shape index (κ2) is 4.19. The first kappa shape index (κ1) is 10.4. The number of likely N-dealkylation sites (tertiary alicyclic amines) is 1. The summed E-state index contributed by atoms with van der Waals surface area (Å²) in [5, 5.41) is 9.82. The molecule has 0 aromatic rings. The fraction of sp³-hybridized carbons (Fsp3) is 1.00. The van der Waals surface area contributed by atoms with Crippen LogP contribution in [0.1, 0.15) is 39.5 Å². The third-order valence-electron chi connectivity index (χ3n) is 4.18. The second-order valence-corrected chi connectivity index (χ2v) is 5.09. The number of hydrogen-bond acceptors (Lipinski definition) is 2. The monoisotopic (exact) mass is 197 g/mol. The molecule has 1 saturated heterocycles. The van der Waals surface area contributed by atoms with E-state index in [1.54, 1.807) is 0 Å². The largest absolute Gasteiger partial charge is 0.393 e. The minimum absolute atomic E-state index is 0.000591. The van der Waals surface area contributed by atoms with E-state index in [1.807, 2.05) is 0 Å². The summed E-state index contributed by atoms with van der Waals surface area (Å²) in [6, 6.07) is 0.755. The molecule has 1 aliphatic carbocycles. The maximum Gasteiger partial charge on any atom is 0.0583 e. The number of aliphatic hydroxyl groups is 1. The van der Waals surface area contributed by atoms with Crippen molar-refractivity contribution in [1.82, 2.24) is 4.90 Å². The molecule has 0 spiro atoms. The normalized spacial score (nSPS) is 38.1. The molecule has 2 nitrogen and oxygen atoms in total. The van der Waals surface area contributed by atoms with Crippen molar-refractivity contribution in [3.05, 3.63) is 0 Å². The first-order chi connectivity index (χ1) is 6.74. The molecular formula is C12H23NO. The van der Waals surface area contributed by atoms with E-state index < -0.39 is 0 Å². The SMILES string of the molecule is CCC(CC)N1CC2CC(O)C(C2)C1. The van der Waals surface area contributed by atoms with Crippen molar-refractivity contribution in [3.8, 4) is 0 Å². The predicted molar refractivity (Wildman–Crippen MR) is 58.2 cm³/mol. The van der Waals surface area contributed by atoms with Crippen molar-refractivity contribution in [2.24, 2.45) is 11.8 Å². The Balaban J connectivity index is 1.97. The number of rotatable bonds is 3. The molecule has 14 heavy (non-hydrogen) atoms. The number of piperidine rings is 1. The summed E-state index contributed by atoms with van der Waals surface area (Å²) in [5.74, 6) is 1.36. The minimum atomic E-state index is -0.000591. The zero-order valence-electron chi connectivity index (χ0n) is 9.45. The van der Waals surface area contributed by atoms with Gasteiger partial charge < -0.3 is 5.11 Å². The molecule has 0 aromatic carbocycles. The van der Waals surface area contributed by atoms with Gasteiger partial charge in [0.05, 0.1) is 6.10 Å².